The van der Waals surface area contributed by atoms with Crippen LogP contribution in [0.15, 0.2) is 90.0 Å². The van der Waals surface area contributed by atoms with Gasteiger partial charge in [0.15, 0.2) is 12.3 Å². The zero-order valence-corrected chi connectivity index (χ0v) is 45.3. The van der Waals surface area contributed by atoms with Crippen LogP contribution in [0.3, 0.4) is 0 Å². The Labute approximate surface area is 437 Å². The largest absolute Gasteiger partial charge is 0.481 e. The number of nitrogens with two attached hydrogens (primary N) is 1. The van der Waals surface area contributed by atoms with Gasteiger partial charge in [-0.25, -0.2) is 13.9 Å². The predicted molar refractivity (Wildman–Crippen MR) is 282 cm³/mol. The van der Waals surface area contributed by atoms with Crippen molar-refractivity contribution in [3.63, 3.8) is 0 Å². The third-order valence-corrected chi connectivity index (χ3v) is 14.0. The molecule has 0 saturated carbocycles. The molecule has 1 aromatic rings. The van der Waals surface area contributed by atoms with Gasteiger partial charge in [0.2, 0.25) is 0 Å². The fourth-order valence-electron chi connectivity index (χ4n) is 7.36. The molecule has 0 bridgehead atoms. The number of phosphoric ester groups is 2. The van der Waals surface area contributed by atoms with Crippen LogP contribution >= 0.6 is 15.6 Å². The number of allylic oxidation sites excluding steroid dienone is 8. The third-order valence-electron chi connectivity index (χ3n) is 11.4. The first-order valence-corrected chi connectivity index (χ1v) is 29.0. The molecule has 20 nitrogen and oxygen atoms in total. The average Bonchev–Trinajstić information content (AvgIpc) is 3.62. The van der Waals surface area contributed by atoms with Gasteiger partial charge in [0.1, 0.15) is 30.7 Å². The lowest BCUT2D eigenvalue weighted by atomic mass is 10.0. The molecule has 0 aliphatic carbocycles. The van der Waals surface area contributed by atoms with E-state index in [0.29, 0.717) is 32.1 Å². The summed E-state index contributed by atoms with van der Waals surface area (Å²) in [7, 11) is -10.9. The second-order valence-electron chi connectivity index (χ2n) is 18.5. The number of rotatable bonds is 41. The summed E-state index contributed by atoms with van der Waals surface area (Å²) in [5.74, 6) is -0.735. The van der Waals surface area contributed by atoms with Crippen LogP contribution in [0.1, 0.15) is 155 Å². The van der Waals surface area contributed by atoms with E-state index in [-0.39, 0.29) is 18.7 Å². The molecule has 2 heterocycles. The number of aliphatic hydroxyl groups excluding tert-OH is 4. The normalized spacial score (nSPS) is 20.4. The van der Waals surface area contributed by atoms with Crippen LogP contribution in [0.5, 0.6) is 0 Å². The highest BCUT2D eigenvalue weighted by molar-refractivity contribution is 7.61. The Bertz CT molecular complexity index is 2080. The highest BCUT2D eigenvalue weighted by Crippen LogP contribution is 2.60. The lowest BCUT2D eigenvalue weighted by molar-refractivity contribution is -0.161. The zero-order valence-electron chi connectivity index (χ0n) is 43.5. The summed E-state index contributed by atoms with van der Waals surface area (Å²) >= 11 is 0. The first-order valence-electron chi connectivity index (χ1n) is 26.0. The van der Waals surface area contributed by atoms with Crippen molar-refractivity contribution in [2.45, 2.75) is 192 Å². The Morgan fingerprint density at radius 3 is 2.01 bits per heavy atom. The van der Waals surface area contributed by atoms with Crippen LogP contribution in [-0.2, 0) is 46.3 Å². The molecule has 1 aliphatic rings. The van der Waals surface area contributed by atoms with Crippen LogP contribution in [0, 0.1) is 5.92 Å². The Hall–Kier alpha value is -3.88. The minimum absolute atomic E-state index is 0.00537. The van der Waals surface area contributed by atoms with E-state index in [0.717, 1.165) is 48.8 Å². The van der Waals surface area contributed by atoms with Crippen molar-refractivity contribution in [3.05, 3.63) is 95.7 Å². The van der Waals surface area contributed by atoms with Crippen molar-refractivity contribution in [2.24, 2.45) is 5.92 Å². The summed E-state index contributed by atoms with van der Waals surface area (Å²) in [6, 6.07) is 1.23. The van der Waals surface area contributed by atoms with Gasteiger partial charge in [0.05, 0.1) is 25.4 Å². The molecule has 420 valence electrons. The van der Waals surface area contributed by atoms with E-state index in [9.17, 15) is 53.7 Å². The molecule has 1 aromatic heterocycles. The molecule has 1 fully saturated rings. The minimum atomic E-state index is -5.47. The van der Waals surface area contributed by atoms with Gasteiger partial charge in [-0.2, -0.15) is 9.29 Å². The quantitative estimate of drug-likeness (QED) is 0.0106. The van der Waals surface area contributed by atoms with Crippen molar-refractivity contribution < 1.29 is 76.5 Å². The number of hydrogen-bond acceptors (Lipinski definition) is 17. The monoisotopic (exact) mass is 1090 g/mol. The van der Waals surface area contributed by atoms with E-state index < -0.39 is 95.9 Å². The smallest absolute Gasteiger partial charge is 0.462 e. The van der Waals surface area contributed by atoms with Gasteiger partial charge in [-0.3, -0.25) is 23.2 Å². The molecule has 22 heteroatoms. The van der Waals surface area contributed by atoms with Gasteiger partial charge in [0.25, 0.3) is 0 Å². The predicted octanol–water partition coefficient (Wildman–Crippen LogP) is 8.69. The summed E-state index contributed by atoms with van der Waals surface area (Å²) in [6.45, 7) is 4.07. The second kappa shape index (κ2) is 38.6. The molecule has 0 aromatic carbocycles. The van der Waals surface area contributed by atoms with Crippen LogP contribution in [-0.4, -0.2) is 108 Å². The van der Waals surface area contributed by atoms with Crippen LogP contribution in [0.25, 0.3) is 0 Å². The number of phosphoric acid groups is 2. The number of hydrogen-bond donors (Lipinski definition) is 7. The maximum Gasteiger partial charge on any atom is 0.481 e. The molecule has 0 amide bonds. The van der Waals surface area contributed by atoms with Gasteiger partial charge in [-0.05, 0) is 50.5 Å². The van der Waals surface area contributed by atoms with Crippen molar-refractivity contribution >= 4 is 33.4 Å². The number of carbonyl (C=O) groups excluding carboxylic acids is 2. The third kappa shape index (κ3) is 31.9. The van der Waals surface area contributed by atoms with Gasteiger partial charge < -0.3 is 50.2 Å². The maximum atomic E-state index is 12.9. The fraction of sp³-hybridized carbons (Fsp3) is 0.654. The first kappa shape index (κ1) is 66.2. The van der Waals surface area contributed by atoms with Crippen LogP contribution in [0.2, 0.25) is 0 Å². The molecular weight excluding hydrogens is 1000 g/mol. The lowest BCUT2D eigenvalue weighted by Gasteiger charge is -2.21. The maximum absolute atomic E-state index is 12.9. The Balaban J connectivity index is 1.85. The standard InChI is InChI=1S/C52H85N3O17P2/c1-4-5-22-30-42(56)31-24-18-14-12-15-19-25-32-43(57)33-26-21-28-34-47(58)67-38-44(70-48(59)35-27-20-16-11-9-7-6-8-10-13-17-23-29-41(2)3)39-68-73(63,64)72-74(65,66)69-40-45-49(60)50(61)51(71-45)55-37-36-46(53)54-52(55)62/h5,14-15,18-19,22,24-26,31-33,36-37,41-45,49-51,56-57,60-61H,4,6-13,16-17,20-21,23,27-30,34-35,38-40H2,1-3H3,(H,63,64)(H,65,66)(H2,53,54,62)/b18-14-,19-15-,22-5-,31-24+,32-25+,33-26-/t42-,43-,44-,45-,49-,50-,51-/m1/s1. The second-order valence-corrected chi connectivity index (χ2v) is 21.6. The Morgan fingerprint density at radius 1 is 0.770 bits per heavy atom. The number of unbranched alkanes of at least 4 members (excludes halogenated alkanes) is 12. The molecule has 1 aliphatic heterocycles. The van der Waals surface area contributed by atoms with Crippen molar-refractivity contribution in [1.29, 1.82) is 0 Å². The van der Waals surface area contributed by atoms with Gasteiger partial charge in [0, 0.05) is 19.0 Å². The number of nitrogen functional groups attached to an aromatic ring is 1. The lowest BCUT2D eigenvalue weighted by Crippen LogP contribution is -2.36. The highest BCUT2D eigenvalue weighted by Gasteiger charge is 2.46. The molecular formula is C52H85N3O17P2. The summed E-state index contributed by atoms with van der Waals surface area (Å²) in [4.78, 5) is 61.9. The molecule has 1 saturated heterocycles. The van der Waals surface area contributed by atoms with E-state index in [1.54, 1.807) is 42.5 Å². The van der Waals surface area contributed by atoms with E-state index in [4.69, 9.17) is 29.0 Å². The molecule has 0 radical (unpaired) electrons. The summed E-state index contributed by atoms with van der Waals surface area (Å²) in [5, 5.41) is 41.0. The molecule has 8 N–H and O–H groups in total. The molecule has 2 unspecified atom stereocenters. The van der Waals surface area contributed by atoms with Crippen LogP contribution in [0.4, 0.5) is 5.82 Å². The number of esters is 2. The fourth-order valence-corrected chi connectivity index (χ4v) is 9.47. The molecule has 9 atom stereocenters. The van der Waals surface area contributed by atoms with Gasteiger partial charge in [-0.15, -0.1) is 0 Å². The first-order chi connectivity index (χ1) is 35.3. The highest BCUT2D eigenvalue weighted by atomic mass is 31.3. The van der Waals surface area contributed by atoms with Crippen molar-refractivity contribution in [3.8, 4) is 0 Å². The van der Waals surface area contributed by atoms with E-state index in [2.05, 4.69) is 23.1 Å². The van der Waals surface area contributed by atoms with E-state index in [1.807, 2.05) is 37.3 Å². The Morgan fingerprint density at radius 2 is 1.38 bits per heavy atom. The summed E-state index contributed by atoms with van der Waals surface area (Å²) in [6.07, 6.45) is 30.6. The topological polar surface area (TPSA) is 306 Å². The van der Waals surface area contributed by atoms with Gasteiger partial charge >= 0.3 is 33.3 Å². The Kier molecular flexibility index (Phi) is 34.6. The molecule has 74 heavy (non-hydrogen) atoms. The van der Waals surface area contributed by atoms with Crippen molar-refractivity contribution in [2.75, 3.05) is 25.6 Å². The zero-order chi connectivity index (χ0) is 54.6. The number of ether oxygens (including phenoxy) is 3. The number of carbonyl (C=O) groups is 2. The van der Waals surface area contributed by atoms with E-state index in [1.165, 1.54) is 57.4 Å². The van der Waals surface area contributed by atoms with Crippen LogP contribution < -0.4 is 11.4 Å². The van der Waals surface area contributed by atoms with E-state index >= 15 is 0 Å². The number of anilines is 1. The number of nitrogens with zero attached hydrogens (tertiary/aromatic N) is 2. The van der Waals surface area contributed by atoms with Gasteiger partial charge in [-0.1, -0.05) is 171 Å². The average molecular weight is 1090 g/mol. The molecule has 2 rings (SSSR count). The molecule has 0 spiro atoms. The number of aromatic nitrogens is 2. The minimum Gasteiger partial charge on any atom is -0.462 e. The summed E-state index contributed by atoms with van der Waals surface area (Å²) in [5.41, 5.74) is 4.57. The SMILES string of the molecule is CC/C=C\C[C@@H](O)/C=C/C=C\C/C=C\C=C\[C@@H](O)/C=C\CCCC(=O)OC[C@H](COP(=O)(O)OP(=O)(O)OC[C@H]1O[C@@H](n2ccc(N)nc2=O)[C@H](O)[C@@H]1O)OC(=O)CCCCCCCCCCCCCCC(C)C. The summed E-state index contributed by atoms with van der Waals surface area (Å²) < 4.78 is 56.6. The van der Waals surface area contributed by atoms with Crippen molar-refractivity contribution in [1.82, 2.24) is 9.55 Å². The number of aliphatic hydroxyl groups is 4.